The number of pyridine rings is 1. The molecule has 0 fully saturated rings. The van der Waals surface area contributed by atoms with Gasteiger partial charge in [-0.25, -0.2) is 4.98 Å². The quantitative estimate of drug-likeness (QED) is 0.372. The largest absolute Gasteiger partial charge is 0.256 e. The molecule has 29 heavy (non-hydrogen) atoms. The standard InChI is InChI=1S/C24H15ClN4/c25-24-28-22(19-9-5-8-18(15-19)21-10-3-4-13-26-21)27-23(29-24)20-12-11-16-6-1-2-7-17(16)14-20/h1-15H. The van der Waals surface area contributed by atoms with Crippen LogP contribution in [0.25, 0.3) is 44.8 Å². The van der Waals surface area contributed by atoms with Gasteiger partial charge in [-0.15, -0.1) is 0 Å². The first kappa shape index (κ1) is 17.5. The van der Waals surface area contributed by atoms with Crippen molar-refractivity contribution < 1.29 is 0 Å². The van der Waals surface area contributed by atoms with Gasteiger partial charge in [0.15, 0.2) is 11.6 Å². The van der Waals surface area contributed by atoms with E-state index in [-0.39, 0.29) is 5.28 Å². The van der Waals surface area contributed by atoms with Crippen LogP contribution < -0.4 is 0 Å². The molecule has 2 heterocycles. The first-order chi connectivity index (χ1) is 14.3. The Balaban J connectivity index is 1.59. The maximum Gasteiger partial charge on any atom is 0.226 e. The monoisotopic (exact) mass is 394 g/mol. The van der Waals surface area contributed by atoms with E-state index < -0.39 is 0 Å². The molecule has 0 aliphatic carbocycles. The van der Waals surface area contributed by atoms with Gasteiger partial charge in [-0.05, 0) is 46.6 Å². The van der Waals surface area contributed by atoms with Gasteiger partial charge in [0, 0.05) is 22.9 Å². The lowest BCUT2D eigenvalue weighted by Gasteiger charge is -2.07. The van der Waals surface area contributed by atoms with E-state index in [1.165, 1.54) is 5.39 Å². The Bertz CT molecular complexity index is 1320. The van der Waals surface area contributed by atoms with Crippen molar-refractivity contribution in [2.45, 2.75) is 0 Å². The molecule has 0 unspecified atom stereocenters. The van der Waals surface area contributed by atoms with Gasteiger partial charge in [0.1, 0.15) is 0 Å². The summed E-state index contributed by atoms with van der Waals surface area (Å²) in [6.07, 6.45) is 1.78. The van der Waals surface area contributed by atoms with Crippen LogP contribution in [0.2, 0.25) is 5.28 Å². The van der Waals surface area contributed by atoms with E-state index in [0.717, 1.165) is 27.8 Å². The third-order valence-electron chi connectivity index (χ3n) is 4.70. The fourth-order valence-corrected chi connectivity index (χ4v) is 3.45. The van der Waals surface area contributed by atoms with Crippen LogP contribution in [0, 0.1) is 0 Å². The van der Waals surface area contributed by atoms with Crippen molar-refractivity contribution in [2.24, 2.45) is 0 Å². The molecule has 5 rings (SSSR count). The normalized spacial score (nSPS) is 10.9. The molecule has 3 aromatic carbocycles. The summed E-state index contributed by atoms with van der Waals surface area (Å²) in [4.78, 5) is 17.8. The molecule has 5 heteroatoms. The Hall–Kier alpha value is -3.63. The average Bonchev–Trinajstić information content (AvgIpc) is 2.79. The highest BCUT2D eigenvalue weighted by Crippen LogP contribution is 2.27. The lowest BCUT2D eigenvalue weighted by molar-refractivity contribution is 1.07. The summed E-state index contributed by atoms with van der Waals surface area (Å²) in [6.45, 7) is 0. The summed E-state index contributed by atoms with van der Waals surface area (Å²) < 4.78 is 0. The molecule has 4 nitrogen and oxygen atoms in total. The molecular weight excluding hydrogens is 380 g/mol. The molecule has 0 saturated heterocycles. The van der Waals surface area contributed by atoms with Crippen molar-refractivity contribution in [1.29, 1.82) is 0 Å². The molecule has 0 bridgehead atoms. The molecule has 0 spiro atoms. The number of rotatable bonds is 3. The molecular formula is C24H15ClN4. The number of halogens is 1. The Kier molecular flexibility index (Phi) is 4.47. The highest BCUT2D eigenvalue weighted by Gasteiger charge is 2.11. The molecule has 0 saturated carbocycles. The SMILES string of the molecule is Clc1nc(-c2cccc(-c3ccccn3)c2)nc(-c2ccc3ccccc3c2)n1. The van der Waals surface area contributed by atoms with Crippen molar-refractivity contribution in [1.82, 2.24) is 19.9 Å². The van der Waals surface area contributed by atoms with E-state index in [1.54, 1.807) is 6.20 Å². The summed E-state index contributed by atoms with van der Waals surface area (Å²) in [6, 6.07) is 28.1. The van der Waals surface area contributed by atoms with E-state index in [0.29, 0.717) is 11.6 Å². The highest BCUT2D eigenvalue weighted by molar-refractivity contribution is 6.28. The highest BCUT2D eigenvalue weighted by atomic mass is 35.5. The van der Waals surface area contributed by atoms with E-state index in [9.17, 15) is 0 Å². The molecule has 0 atom stereocenters. The molecule has 0 amide bonds. The first-order valence-corrected chi connectivity index (χ1v) is 9.57. The number of hydrogen-bond acceptors (Lipinski definition) is 4. The van der Waals surface area contributed by atoms with E-state index >= 15 is 0 Å². The Labute approximate surface area is 172 Å². The predicted octanol–water partition coefficient (Wildman–Crippen LogP) is 6.07. The van der Waals surface area contributed by atoms with Gasteiger partial charge in [-0.1, -0.05) is 60.7 Å². The Morgan fingerprint density at radius 2 is 1.28 bits per heavy atom. The Morgan fingerprint density at radius 3 is 2.07 bits per heavy atom. The molecule has 0 N–H and O–H groups in total. The zero-order valence-corrected chi connectivity index (χ0v) is 16.1. The number of hydrogen-bond donors (Lipinski definition) is 0. The smallest absolute Gasteiger partial charge is 0.226 e. The van der Waals surface area contributed by atoms with Crippen molar-refractivity contribution in [3.63, 3.8) is 0 Å². The van der Waals surface area contributed by atoms with Crippen LogP contribution in [-0.4, -0.2) is 19.9 Å². The maximum absolute atomic E-state index is 6.25. The summed E-state index contributed by atoms with van der Waals surface area (Å²) in [7, 11) is 0. The minimum Gasteiger partial charge on any atom is -0.256 e. The van der Waals surface area contributed by atoms with Gasteiger partial charge in [-0.3, -0.25) is 4.98 Å². The zero-order chi connectivity index (χ0) is 19.6. The first-order valence-electron chi connectivity index (χ1n) is 9.19. The second-order valence-corrected chi connectivity index (χ2v) is 6.95. The number of benzene rings is 3. The van der Waals surface area contributed by atoms with Crippen molar-refractivity contribution in [3.05, 3.63) is 96.4 Å². The number of aromatic nitrogens is 4. The van der Waals surface area contributed by atoms with E-state index in [2.05, 4.69) is 44.2 Å². The van der Waals surface area contributed by atoms with Crippen LogP contribution in [0.15, 0.2) is 91.1 Å². The summed E-state index contributed by atoms with van der Waals surface area (Å²) in [5, 5.41) is 2.46. The second-order valence-electron chi connectivity index (χ2n) is 6.61. The van der Waals surface area contributed by atoms with Gasteiger partial charge in [-0.2, -0.15) is 9.97 Å². The van der Waals surface area contributed by atoms with Gasteiger partial charge < -0.3 is 0 Å². The summed E-state index contributed by atoms with van der Waals surface area (Å²) >= 11 is 6.25. The minimum absolute atomic E-state index is 0.168. The average molecular weight is 395 g/mol. The van der Waals surface area contributed by atoms with Gasteiger partial charge in [0.2, 0.25) is 5.28 Å². The lowest BCUT2D eigenvalue weighted by Crippen LogP contribution is -1.97. The van der Waals surface area contributed by atoms with E-state index in [4.69, 9.17) is 11.6 Å². The van der Waals surface area contributed by atoms with Crippen LogP contribution >= 0.6 is 11.6 Å². The van der Waals surface area contributed by atoms with Crippen LogP contribution in [0.3, 0.4) is 0 Å². The molecule has 0 aliphatic rings. The summed E-state index contributed by atoms with van der Waals surface area (Å²) in [5.74, 6) is 1.08. The molecule has 0 radical (unpaired) electrons. The van der Waals surface area contributed by atoms with Crippen LogP contribution in [0.1, 0.15) is 0 Å². The van der Waals surface area contributed by atoms with Crippen LogP contribution in [0.5, 0.6) is 0 Å². The van der Waals surface area contributed by atoms with Gasteiger partial charge in [0.05, 0.1) is 5.69 Å². The van der Waals surface area contributed by atoms with Crippen molar-refractivity contribution >= 4 is 22.4 Å². The lowest BCUT2D eigenvalue weighted by atomic mass is 10.1. The van der Waals surface area contributed by atoms with Crippen LogP contribution in [-0.2, 0) is 0 Å². The maximum atomic E-state index is 6.25. The molecule has 5 aromatic rings. The van der Waals surface area contributed by atoms with Crippen molar-refractivity contribution in [2.75, 3.05) is 0 Å². The topological polar surface area (TPSA) is 51.6 Å². The Morgan fingerprint density at radius 1 is 0.552 bits per heavy atom. The fourth-order valence-electron chi connectivity index (χ4n) is 3.29. The van der Waals surface area contributed by atoms with Crippen LogP contribution in [0.4, 0.5) is 0 Å². The molecule has 2 aromatic heterocycles. The van der Waals surface area contributed by atoms with Gasteiger partial charge >= 0.3 is 0 Å². The number of fused-ring (bicyclic) bond motifs is 1. The molecule has 0 aliphatic heterocycles. The third-order valence-corrected chi connectivity index (χ3v) is 4.87. The van der Waals surface area contributed by atoms with E-state index in [1.807, 2.05) is 60.7 Å². The minimum atomic E-state index is 0.168. The fraction of sp³-hybridized carbons (Fsp3) is 0. The van der Waals surface area contributed by atoms with Crippen molar-refractivity contribution in [3.8, 4) is 34.0 Å². The van der Waals surface area contributed by atoms with Gasteiger partial charge in [0.25, 0.3) is 0 Å². The predicted molar refractivity (Wildman–Crippen MR) is 116 cm³/mol. The number of nitrogens with zero attached hydrogens (tertiary/aromatic N) is 4. The second kappa shape index (κ2) is 7.41. The molecule has 138 valence electrons. The summed E-state index contributed by atoms with van der Waals surface area (Å²) in [5.41, 5.74) is 3.64. The zero-order valence-electron chi connectivity index (χ0n) is 15.3. The third kappa shape index (κ3) is 3.58.